The summed E-state index contributed by atoms with van der Waals surface area (Å²) in [7, 11) is 0. The highest BCUT2D eigenvalue weighted by molar-refractivity contribution is 6.39. The molecule has 160 valence electrons. The molecule has 1 N–H and O–H groups in total. The molecule has 3 aromatic rings. The van der Waals surface area contributed by atoms with Gasteiger partial charge < -0.3 is 4.74 Å². The fourth-order valence-electron chi connectivity index (χ4n) is 3.16. The fraction of sp³-hybridized carbons (Fsp3) is 0.0800. The summed E-state index contributed by atoms with van der Waals surface area (Å²) in [5.74, 6) is -0.768. The number of aryl methyl sites for hydroxylation is 1. The second kappa shape index (κ2) is 9.08. The maximum absolute atomic E-state index is 12.9. The van der Waals surface area contributed by atoms with E-state index in [0.29, 0.717) is 28.6 Å². The van der Waals surface area contributed by atoms with E-state index in [1.807, 2.05) is 19.1 Å². The minimum Gasteiger partial charge on any atom is -0.489 e. The van der Waals surface area contributed by atoms with Crippen molar-refractivity contribution >= 4 is 41.2 Å². The van der Waals surface area contributed by atoms with Crippen LogP contribution in [0, 0.1) is 6.92 Å². The summed E-state index contributed by atoms with van der Waals surface area (Å²) in [5, 5.41) is 2.88. The molecule has 4 amide bonds. The standard InChI is InChI=1S/C25H19ClN2O4/c1-16-2-10-20(11-3-16)28-24(30)22(23(29)27-25(28)31)14-17-6-12-21(13-7-17)32-15-18-4-8-19(26)9-5-18/h2-14H,15H2,1H3,(H,27,29,31)/b22-14+. The van der Waals surface area contributed by atoms with Gasteiger partial charge in [-0.2, -0.15) is 0 Å². The molecule has 0 unspecified atom stereocenters. The van der Waals surface area contributed by atoms with Crippen molar-refractivity contribution < 1.29 is 19.1 Å². The van der Waals surface area contributed by atoms with Gasteiger partial charge in [-0.1, -0.05) is 53.6 Å². The third kappa shape index (κ3) is 4.71. The van der Waals surface area contributed by atoms with Crippen LogP contribution in [0.25, 0.3) is 6.08 Å². The summed E-state index contributed by atoms with van der Waals surface area (Å²) < 4.78 is 5.75. The average molecular weight is 447 g/mol. The van der Waals surface area contributed by atoms with E-state index in [0.717, 1.165) is 16.0 Å². The van der Waals surface area contributed by atoms with E-state index >= 15 is 0 Å². The predicted octanol–water partition coefficient (Wildman–Crippen LogP) is 4.89. The maximum Gasteiger partial charge on any atom is 0.335 e. The van der Waals surface area contributed by atoms with Gasteiger partial charge in [0.2, 0.25) is 0 Å². The number of barbiturate groups is 1. The van der Waals surface area contributed by atoms with Crippen LogP contribution in [0.15, 0.2) is 78.4 Å². The summed E-state index contributed by atoms with van der Waals surface area (Å²) >= 11 is 5.88. The number of hydrogen-bond donors (Lipinski definition) is 1. The highest BCUT2D eigenvalue weighted by Crippen LogP contribution is 2.23. The van der Waals surface area contributed by atoms with Crippen molar-refractivity contribution in [2.75, 3.05) is 4.90 Å². The van der Waals surface area contributed by atoms with E-state index in [1.54, 1.807) is 60.7 Å². The zero-order valence-electron chi connectivity index (χ0n) is 17.2. The van der Waals surface area contributed by atoms with Crippen molar-refractivity contribution in [1.29, 1.82) is 0 Å². The Morgan fingerprint density at radius 1 is 0.906 bits per heavy atom. The number of benzene rings is 3. The summed E-state index contributed by atoms with van der Waals surface area (Å²) in [5.41, 5.74) is 2.86. The summed E-state index contributed by atoms with van der Waals surface area (Å²) in [4.78, 5) is 38.5. The number of rotatable bonds is 5. The van der Waals surface area contributed by atoms with Crippen LogP contribution in [-0.2, 0) is 16.2 Å². The number of ether oxygens (including phenoxy) is 1. The number of halogens is 1. The smallest absolute Gasteiger partial charge is 0.335 e. The van der Waals surface area contributed by atoms with Crippen LogP contribution in [0.1, 0.15) is 16.7 Å². The van der Waals surface area contributed by atoms with Crippen molar-refractivity contribution in [2.45, 2.75) is 13.5 Å². The van der Waals surface area contributed by atoms with E-state index in [1.165, 1.54) is 6.08 Å². The van der Waals surface area contributed by atoms with E-state index in [2.05, 4.69) is 5.32 Å². The molecule has 0 saturated carbocycles. The minimum atomic E-state index is -0.771. The van der Waals surface area contributed by atoms with E-state index in [9.17, 15) is 14.4 Å². The Balaban J connectivity index is 1.50. The van der Waals surface area contributed by atoms with Crippen molar-refractivity contribution in [1.82, 2.24) is 5.32 Å². The minimum absolute atomic E-state index is 0.125. The Morgan fingerprint density at radius 3 is 2.22 bits per heavy atom. The van der Waals surface area contributed by atoms with Gasteiger partial charge in [-0.05, 0) is 60.5 Å². The van der Waals surface area contributed by atoms with Crippen molar-refractivity contribution in [3.8, 4) is 5.75 Å². The number of carbonyl (C=O) groups excluding carboxylic acids is 3. The second-order valence-corrected chi connectivity index (χ2v) is 7.71. The third-order valence-electron chi connectivity index (χ3n) is 4.90. The monoisotopic (exact) mass is 446 g/mol. The number of urea groups is 1. The largest absolute Gasteiger partial charge is 0.489 e. The lowest BCUT2D eigenvalue weighted by atomic mass is 10.1. The predicted molar refractivity (Wildman–Crippen MR) is 122 cm³/mol. The molecule has 0 aliphatic carbocycles. The molecule has 0 radical (unpaired) electrons. The molecule has 1 heterocycles. The van der Waals surface area contributed by atoms with Crippen LogP contribution in [-0.4, -0.2) is 17.8 Å². The molecule has 0 aromatic heterocycles. The molecule has 7 heteroatoms. The normalized spacial score (nSPS) is 15.1. The molecular weight excluding hydrogens is 428 g/mol. The number of anilines is 1. The first-order chi connectivity index (χ1) is 15.4. The highest BCUT2D eigenvalue weighted by Gasteiger charge is 2.36. The van der Waals surface area contributed by atoms with E-state index in [4.69, 9.17) is 16.3 Å². The van der Waals surface area contributed by atoms with Crippen molar-refractivity contribution in [2.24, 2.45) is 0 Å². The molecule has 3 aromatic carbocycles. The van der Waals surface area contributed by atoms with Gasteiger partial charge in [-0.3, -0.25) is 14.9 Å². The van der Waals surface area contributed by atoms with Gasteiger partial charge in [0.1, 0.15) is 17.9 Å². The zero-order valence-corrected chi connectivity index (χ0v) is 17.9. The quantitative estimate of drug-likeness (QED) is 0.447. The topological polar surface area (TPSA) is 75.7 Å². The fourth-order valence-corrected chi connectivity index (χ4v) is 3.29. The molecule has 1 aliphatic rings. The van der Waals surface area contributed by atoms with Crippen LogP contribution in [0.3, 0.4) is 0 Å². The van der Waals surface area contributed by atoms with Crippen LogP contribution in [0.2, 0.25) is 5.02 Å². The van der Waals surface area contributed by atoms with Crippen molar-refractivity contribution in [3.63, 3.8) is 0 Å². The Morgan fingerprint density at radius 2 is 1.56 bits per heavy atom. The molecule has 0 atom stereocenters. The molecule has 1 fully saturated rings. The van der Waals surface area contributed by atoms with Gasteiger partial charge in [-0.15, -0.1) is 0 Å². The van der Waals surface area contributed by atoms with Crippen LogP contribution >= 0.6 is 11.6 Å². The Labute approximate surface area is 190 Å². The van der Waals surface area contributed by atoms with Gasteiger partial charge >= 0.3 is 6.03 Å². The molecule has 4 rings (SSSR count). The molecule has 0 spiro atoms. The summed E-state index contributed by atoms with van der Waals surface area (Å²) in [6.45, 7) is 2.28. The summed E-state index contributed by atoms with van der Waals surface area (Å²) in [6, 6.07) is 20.5. The van der Waals surface area contributed by atoms with Crippen molar-refractivity contribution in [3.05, 3.63) is 100 Å². The Bertz CT molecular complexity index is 1200. The lowest BCUT2D eigenvalue weighted by Crippen LogP contribution is -2.54. The highest BCUT2D eigenvalue weighted by atomic mass is 35.5. The molecule has 1 aliphatic heterocycles. The number of amides is 4. The number of imide groups is 2. The molecule has 6 nitrogen and oxygen atoms in total. The zero-order chi connectivity index (χ0) is 22.7. The van der Waals surface area contributed by atoms with Crippen LogP contribution < -0.4 is 15.0 Å². The number of nitrogens with one attached hydrogen (secondary N) is 1. The number of hydrogen-bond acceptors (Lipinski definition) is 4. The van der Waals surface area contributed by atoms with Gasteiger partial charge in [0, 0.05) is 5.02 Å². The SMILES string of the molecule is Cc1ccc(N2C(=O)NC(=O)/C(=C\c3ccc(OCc4ccc(Cl)cc4)cc3)C2=O)cc1. The molecule has 1 saturated heterocycles. The Hall–Kier alpha value is -3.90. The number of carbonyl (C=O) groups is 3. The average Bonchev–Trinajstić information content (AvgIpc) is 2.78. The first kappa shape index (κ1) is 21.3. The van der Waals surface area contributed by atoms with Gasteiger partial charge in [0.05, 0.1) is 5.69 Å². The number of nitrogens with zero attached hydrogens (tertiary/aromatic N) is 1. The van der Waals surface area contributed by atoms with E-state index < -0.39 is 17.8 Å². The first-order valence-electron chi connectivity index (χ1n) is 9.86. The Kier molecular flexibility index (Phi) is 6.05. The van der Waals surface area contributed by atoms with Crippen LogP contribution in [0.4, 0.5) is 10.5 Å². The second-order valence-electron chi connectivity index (χ2n) is 7.28. The molecule has 0 bridgehead atoms. The lowest BCUT2D eigenvalue weighted by molar-refractivity contribution is -0.122. The van der Waals surface area contributed by atoms with Crippen LogP contribution in [0.5, 0.6) is 5.75 Å². The maximum atomic E-state index is 12.9. The molecule has 32 heavy (non-hydrogen) atoms. The van der Waals surface area contributed by atoms with Gasteiger partial charge in [-0.25, -0.2) is 9.69 Å². The van der Waals surface area contributed by atoms with Gasteiger partial charge in [0.15, 0.2) is 0 Å². The van der Waals surface area contributed by atoms with Gasteiger partial charge in [0.25, 0.3) is 11.8 Å². The first-order valence-corrected chi connectivity index (χ1v) is 10.2. The lowest BCUT2D eigenvalue weighted by Gasteiger charge is -2.26. The van der Waals surface area contributed by atoms with E-state index in [-0.39, 0.29) is 5.57 Å². The third-order valence-corrected chi connectivity index (χ3v) is 5.16. The summed E-state index contributed by atoms with van der Waals surface area (Å²) in [6.07, 6.45) is 1.45. The molecular formula is C25H19ClN2O4.